The van der Waals surface area contributed by atoms with Crippen LogP contribution >= 0.6 is 0 Å². The number of hydrogen-bond donors (Lipinski definition) is 2. The van der Waals surface area contributed by atoms with E-state index in [4.69, 9.17) is 5.11 Å². The highest BCUT2D eigenvalue weighted by Crippen LogP contribution is 2.36. The summed E-state index contributed by atoms with van der Waals surface area (Å²) in [5.74, 6) is -1.79. The molecule has 0 spiro atoms. The van der Waals surface area contributed by atoms with E-state index in [1.807, 2.05) is 0 Å². The number of nitro groups is 1. The molecule has 1 aromatic rings. The van der Waals surface area contributed by atoms with Crippen molar-refractivity contribution >= 4 is 17.6 Å². The minimum Gasteiger partial charge on any atom is -0.478 e. The molecule has 1 aromatic carbocycles. The van der Waals surface area contributed by atoms with Gasteiger partial charge < -0.3 is 10.4 Å². The van der Waals surface area contributed by atoms with Gasteiger partial charge in [-0.1, -0.05) is 19.8 Å². The van der Waals surface area contributed by atoms with E-state index in [2.05, 4.69) is 12.2 Å². The first kappa shape index (κ1) is 15.9. The molecule has 118 valence electrons. The first-order valence-electron chi connectivity index (χ1n) is 7.12. The van der Waals surface area contributed by atoms with Crippen molar-refractivity contribution in [3.8, 4) is 0 Å². The Morgan fingerprint density at radius 3 is 2.41 bits per heavy atom. The Hall–Kier alpha value is -2.44. The SMILES string of the molecule is CC1(CNC(=O)c2cc(C(=O)O)cc([N+](=O)[O-])c2)CCCC1. The fraction of sp³-hybridized carbons (Fsp3) is 0.467. The first-order chi connectivity index (χ1) is 10.3. The Morgan fingerprint density at radius 1 is 1.27 bits per heavy atom. The maximum atomic E-state index is 12.2. The molecule has 2 N–H and O–H groups in total. The van der Waals surface area contributed by atoms with Crippen LogP contribution in [0.5, 0.6) is 0 Å². The topological polar surface area (TPSA) is 110 Å². The Balaban J connectivity index is 2.17. The molecule has 1 saturated carbocycles. The van der Waals surface area contributed by atoms with Crippen molar-refractivity contribution in [3.05, 3.63) is 39.4 Å². The number of aromatic carboxylic acids is 1. The van der Waals surface area contributed by atoms with Crippen LogP contribution in [0.1, 0.15) is 53.3 Å². The van der Waals surface area contributed by atoms with Crippen LogP contribution in [-0.2, 0) is 0 Å². The number of carboxylic acid groups (broad SMARTS) is 1. The average Bonchev–Trinajstić information content (AvgIpc) is 2.91. The minimum atomic E-state index is -1.31. The number of nitrogens with zero attached hydrogens (tertiary/aromatic N) is 1. The molecule has 7 heteroatoms. The van der Waals surface area contributed by atoms with E-state index >= 15 is 0 Å². The molecule has 22 heavy (non-hydrogen) atoms. The minimum absolute atomic E-state index is 0.00630. The fourth-order valence-electron chi connectivity index (χ4n) is 2.77. The lowest BCUT2D eigenvalue weighted by molar-refractivity contribution is -0.384. The summed E-state index contributed by atoms with van der Waals surface area (Å²) in [7, 11) is 0. The van der Waals surface area contributed by atoms with Gasteiger partial charge in [-0.3, -0.25) is 14.9 Å². The summed E-state index contributed by atoms with van der Waals surface area (Å²) >= 11 is 0. The van der Waals surface area contributed by atoms with Gasteiger partial charge in [-0.15, -0.1) is 0 Å². The van der Waals surface area contributed by atoms with Crippen molar-refractivity contribution in [1.29, 1.82) is 0 Å². The summed E-state index contributed by atoms with van der Waals surface area (Å²) in [6.07, 6.45) is 4.32. The third-order valence-electron chi connectivity index (χ3n) is 4.12. The van der Waals surface area contributed by atoms with Gasteiger partial charge in [0.1, 0.15) is 0 Å². The van der Waals surface area contributed by atoms with Gasteiger partial charge >= 0.3 is 5.97 Å². The number of rotatable bonds is 5. The molecule has 0 bridgehead atoms. The number of benzene rings is 1. The number of hydrogen-bond acceptors (Lipinski definition) is 4. The van der Waals surface area contributed by atoms with Gasteiger partial charge in [0.25, 0.3) is 11.6 Å². The van der Waals surface area contributed by atoms with E-state index in [0.717, 1.165) is 43.9 Å². The van der Waals surface area contributed by atoms with Gasteiger partial charge in [0, 0.05) is 24.2 Å². The normalized spacial score (nSPS) is 16.2. The van der Waals surface area contributed by atoms with E-state index < -0.39 is 22.5 Å². The van der Waals surface area contributed by atoms with E-state index in [1.165, 1.54) is 0 Å². The number of nitro benzene ring substituents is 1. The van der Waals surface area contributed by atoms with E-state index in [0.29, 0.717) is 6.54 Å². The predicted molar refractivity (Wildman–Crippen MR) is 79.0 cm³/mol. The van der Waals surface area contributed by atoms with Crippen LogP contribution in [0.2, 0.25) is 0 Å². The molecule has 0 atom stereocenters. The van der Waals surface area contributed by atoms with Gasteiger partial charge in [-0.2, -0.15) is 0 Å². The van der Waals surface area contributed by atoms with E-state index in [9.17, 15) is 19.7 Å². The van der Waals surface area contributed by atoms with Gasteiger partial charge in [0.2, 0.25) is 0 Å². The Kier molecular flexibility index (Phi) is 4.44. The molecule has 1 fully saturated rings. The van der Waals surface area contributed by atoms with Crippen LogP contribution in [0.25, 0.3) is 0 Å². The van der Waals surface area contributed by atoms with Gasteiger partial charge in [-0.25, -0.2) is 4.79 Å². The van der Waals surface area contributed by atoms with Gasteiger partial charge in [0.05, 0.1) is 10.5 Å². The predicted octanol–water partition coefficient (Wildman–Crippen LogP) is 2.60. The number of carboxylic acids is 1. The van der Waals surface area contributed by atoms with Crippen LogP contribution < -0.4 is 5.32 Å². The highest BCUT2D eigenvalue weighted by molar-refractivity contribution is 5.98. The fourth-order valence-corrected chi connectivity index (χ4v) is 2.77. The quantitative estimate of drug-likeness (QED) is 0.642. The molecule has 1 amide bonds. The number of carbonyl (C=O) groups excluding carboxylic acids is 1. The molecule has 0 aliphatic heterocycles. The van der Waals surface area contributed by atoms with Crippen molar-refractivity contribution in [2.45, 2.75) is 32.6 Å². The molecule has 0 saturated heterocycles. The molecule has 1 aliphatic rings. The molecular formula is C15H18N2O5. The molecule has 0 aromatic heterocycles. The Labute approximate surface area is 127 Å². The maximum Gasteiger partial charge on any atom is 0.335 e. The summed E-state index contributed by atoms with van der Waals surface area (Å²) in [4.78, 5) is 33.3. The summed E-state index contributed by atoms with van der Waals surface area (Å²) < 4.78 is 0. The van der Waals surface area contributed by atoms with E-state index in [-0.39, 0.29) is 16.5 Å². The molecule has 0 heterocycles. The monoisotopic (exact) mass is 306 g/mol. The molecule has 7 nitrogen and oxygen atoms in total. The summed E-state index contributed by atoms with van der Waals surface area (Å²) in [6, 6.07) is 3.19. The average molecular weight is 306 g/mol. The standard InChI is InChI=1S/C15H18N2O5/c1-15(4-2-3-5-15)9-16-13(18)10-6-11(14(19)20)8-12(7-10)17(21)22/h6-8H,2-5,9H2,1H3,(H,16,18)(H,19,20). The summed E-state index contributed by atoms with van der Waals surface area (Å²) in [5.41, 5.74) is -0.636. The number of carbonyl (C=O) groups is 2. The first-order valence-corrected chi connectivity index (χ1v) is 7.12. The largest absolute Gasteiger partial charge is 0.478 e. The van der Waals surface area contributed by atoms with Crippen LogP contribution in [0, 0.1) is 15.5 Å². The van der Waals surface area contributed by atoms with Crippen LogP contribution in [-0.4, -0.2) is 28.5 Å². The second kappa shape index (κ2) is 6.13. The zero-order valence-corrected chi connectivity index (χ0v) is 12.3. The summed E-state index contributed by atoms with van der Waals surface area (Å²) in [5, 5.41) is 22.6. The van der Waals surface area contributed by atoms with Crippen molar-refractivity contribution in [1.82, 2.24) is 5.32 Å². The molecule has 1 aliphatic carbocycles. The van der Waals surface area contributed by atoms with Gasteiger partial charge in [-0.05, 0) is 24.3 Å². The van der Waals surface area contributed by atoms with Crippen molar-refractivity contribution < 1.29 is 19.6 Å². The summed E-state index contributed by atoms with van der Waals surface area (Å²) in [6.45, 7) is 2.58. The van der Waals surface area contributed by atoms with Crippen LogP contribution in [0.4, 0.5) is 5.69 Å². The molecular weight excluding hydrogens is 288 g/mol. The van der Waals surface area contributed by atoms with Gasteiger partial charge in [0.15, 0.2) is 0 Å². The lowest BCUT2D eigenvalue weighted by atomic mass is 9.89. The maximum absolute atomic E-state index is 12.2. The third kappa shape index (κ3) is 3.60. The molecule has 2 rings (SSSR count). The number of non-ortho nitro benzene ring substituents is 1. The zero-order chi connectivity index (χ0) is 16.3. The lowest BCUT2D eigenvalue weighted by Crippen LogP contribution is -2.34. The number of nitrogens with one attached hydrogen (secondary N) is 1. The van der Waals surface area contributed by atoms with Crippen LogP contribution in [0.15, 0.2) is 18.2 Å². The van der Waals surface area contributed by atoms with E-state index in [1.54, 1.807) is 0 Å². The Morgan fingerprint density at radius 2 is 1.86 bits per heavy atom. The second-order valence-electron chi connectivity index (χ2n) is 6.03. The smallest absolute Gasteiger partial charge is 0.335 e. The highest BCUT2D eigenvalue weighted by Gasteiger charge is 2.29. The molecule has 0 radical (unpaired) electrons. The third-order valence-corrected chi connectivity index (χ3v) is 4.12. The highest BCUT2D eigenvalue weighted by atomic mass is 16.6. The van der Waals surface area contributed by atoms with Crippen LogP contribution in [0.3, 0.4) is 0 Å². The lowest BCUT2D eigenvalue weighted by Gasteiger charge is -2.23. The van der Waals surface area contributed by atoms with Crippen molar-refractivity contribution in [2.75, 3.05) is 6.54 Å². The second-order valence-corrected chi connectivity index (χ2v) is 6.03. The Bertz CT molecular complexity index is 588. The molecule has 0 unspecified atom stereocenters. The van der Waals surface area contributed by atoms with Crippen molar-refractivity contribution in [2.24, 2.45) is 5.41 Å². The zero-order valence-electron chi connectivity index (χ0n) is 12.3. The number of amides is 1. The van der Waals surface area contributed by atoms with Crippen molar-refractivity contribution in [3.63, 3.8) is 0 Å².